The molecule has 0 N–H and O–H groups in total. The first-order valence-corrected chi connectivity index (χ1v) is 9.16. The summed E-state index contributed by atoms with van der Waals surface area (Å²) < 4.78 is 5.55. The number of likely N-dealkylation sites (N-methyl/N-ethyl adjacent to an activating group) is 1. The summed E-state index contributed by atoms with van der Waals surface area (Å²) in [6.07, 6.45) is 1.25. The molecule has 0 radical (unpaired) electrons. The molecule has 3 aromatic rings. The highest BCUT2D eigenvalue weighted by atomic mass is 32.1. The molecule has 1 saturated heterocycles. The van der Waals surface area contributed by atoms with E-state index in [0.717, 1.165) is 16.2 Å². The molecule has 0 saturated carbocycles. The Morgan fingerprint density at radius 1 is 1.26 bits per heavy atom. The van der Waals surface area contributed by atoms with Crippen LogP contribution in [0.15, 0.2) is 39.5 Å². The third-order valence-electron chi connectivity index (χ3n) is 4.20. The van der Waals surface area contributed by atoms with E-state index in [1.54, 1.807) is 22.7 Å². The van der Waals surface area contributed by atoms with Gasteiger partial charge >= 0.3 is 0 Å². The normalized spacial score (nSPS) is 21.8. The second-order valence-corrected chi connectivity index (χ2v) is 7.47. The summed E-state index contributed by atoms with van der Waals surface area (Å²) >= 11 is 3.24. The maximum Gasteiger partial charge on any atom is 0.232 e. The van der Waals surface area contributed by atoms with Gasteiger partial charge in [-0.15, -0.1) is 22.7 Å². The second kappa shape index (κ2) is 5.90. The van der Waals surface area contributed by atoms with Crippen LogP contribution in [0.25, 0.3) is 10.7 Å². The molecule has 2 atom stereocenters. The molecule has 0 spiro atoms. The minimum Gasteiger partial charge on any atom is -0.339 e. The molecule has 1 aliphatic heterocycles. The second-order valence-electron chi connectivity index (χ2n) is 5.54. The lowest BCUT2D eigenvalue weighted by molar-refractivity contribution is -0.135. The Morgan fingerprint density at radius 3 is 2.83 bits per heavy atom. The number of piperidine rings is 1. The van der Waals surface area contributed by atoms with Gasteiger partial charge in [0.15, 0.2) is 0 Å². The van der Waals surface area contributed by atoms with Crippen molar-refractivity contribution in [3.05, 3.63) is 45.8 Å². The summed E-state index contributed by atoms with van der Waals surface area (Å²) in [4.78, 5) is 20.7. The highest BCUT2D eigenvalue weighted by Gasteiger charge is 2.39. The fourth-order valence-electron chi connectivity index (χ4n) is 3.04. The average molecular weight is 345 g/mol. The van der Waals surface area contributed by atoms with Crippen LogP contribution in [0.3, 0.4) is 0 Å². The highest BCUT2D eigenvalue weighted by molar-refractivity contribution is 7.13. The number of aromatic nitrogens is 2. The summed E-state index contributed by atoms with van der Waals surface area (Å²) in [5.41, 5.74) is 0. The molecule has 1 amide bonds. The van der Waals surface area contributed by atoms with Crippen LogP contribution in [0, 0.1) is 0 Å². The van der Waals surface area contributed by atoms with Crippen LogP contribution < -0.4 is 0 Å². The van der Waals surface area contributed by atoms with Crippen molar-refractivity contribution in [3.8, 4) is 10.7 Å². The van der Waals surface area contributed by atoms with Gasteiger partial charge in [0, 0.05) is 18.3 Å². The van der Waals surface area contributed by atoms with Crippen LogP contribution in [-0.2, 0) is 4.79 Å². The lowest BCUT2D eigenvalue weighted by atomic mass is 9.88. The molecule has 0 aromatic carbocycles. The minimum atomic E-state index is -0.0344. The number of likely N-dealkylation sites (tertiary alicyclic amines) is 1. The number of carbonyl (C=O) groups is 1. The van der Waals surface area contributed by atoms with E-state index in [1.807, 2.05) is 40.9 Å². The van der Waals surface area contributed by atoms with Gasteiger partial charge in [-0.3, -0.25) is 4.79 Å². The summed E-state index contributed by atoms with van der Waals surface area (Å²) in [5, 5.41) is 8.14. The molecule has 5 nitrogen and oxygen atoms in total. The van der Waals surface area contributed by atoms with Crippen molar-refractivity contribution >= 4 is 28.6 Å². The van der Waals surface area contributed by atoms with Crippen molar-refractivity contribution < 1.29 is 9.32 Å². The summed E-state index contributed by atoms with van der Waals surface area (Å²) in [6.45, 7) is 0. The van der Waals surface area contributed by atoms with E-state index in [1.165, 1.54) is 0 Å². The molecule has 0 aliphatic carbocycles. The first-order valence-electron chi connectivity index (χ1n) is 7.40. The third-order valence-corrected chi connectivity index (χ3v) is 6.00. The molecule has 4 rings (SSSR count). The molecule has 1 aliphatic rings. The van der Waals surface area contributed by atoms with Crippen molar-refractivity contribution in [2.45, 2.75) is 24.8 Å². The monoisotopic (exact) mass is 345 g/mol. The number of thiophene rings is 2. The van der Waals surface area contributed by atoms with Crippen LogP contribution in [0.4, 0.5) is 0 Å². The molecular formula is C16H15N3O2S2. The maximum absolute atomic E-state index is 12.1. The van der Waals surface area contributed by atoms with Crippen molar-refractivity contribution in [1.29, 1.82) is 0 Å². The quantitative estimate of drug-likeness (QED) is 0.721. The number of amides is 1. The zero-order valence-electron chi connectivity index (χ0n) is 12.5. The molecule has 118 valence electrons. The Kier molecular flexibility index (Phi) is 3.74. The van der Waals surface area contributed by atoms with E-state index >= 15 is 0 Å². The van der Waals surface area contributed by atoms with Gasteiger partial charge in [-0.25, -0.2) is 0 Å². The van der Waals surface area contributed by atoms with Gasteiger partial charge in [-0.1, -0.05) is 17.3 Å². The van der Waals surface area contributed by atoms with Crippen LogP contribution in [0.1, 0.15) is 35.6 Å². The van der Waals surface area contributed by atoms with Gasteiger partial charge in [0.05, 0.1) is 16.8 Å². The lowest BCUT2D eigenvalue weighted by Crippen LogP contribution is -2.38. The predicted molar refractivity (Wildman–Crippen MR) is 89.4 cm³/mol. The fraction of sp³-hybridized carbons (Fsp3) is 0.312. The Bertz CT molecular complexity index is 795. The predicted octanol–water partition coefficient (Wildman–Crippen LogP) is 3.94. The number of rotatable bonds is 3. The SMILES string of the molecule is CN1C(=O)CC[C@@H](c2nc(-c3cccs3)no2)[C@@H]1c1cccs1. The van der Waals surface area contributed by atoms with Gasteiger partial charge in [0.25, 0.3) is 0 Å². The standard InChI is InChI=1S/C16H15N3O2S2/c1-19-13(20)7-6-10(14(19)11-4-2-8-22-11)16-17-15(18-21-16)12-5-3-9-23-12/h2-5,8-10,14H,6-7H2,1H3/t10-,14-/m1/s1. The minimum absolute atomic E-state index is 0.0344. The van der Waals surface area contributed by atoms with Crippen molar-refractivity contribution in [2.24, 2.45) is 0 Å². The maximum atomic E-state index is 12.1. The fourth-order valence-corrected chi connectivity index (χ4v) is 4.62. The molecule has 7 heteroatoms. The Balaban J connectivity index is 1.70. The molecule has 0 bridgehead atoms. The topological polar surface area (TPSA) is 59.2 Å². The smallest absolute Gasteiger partial charge is 0.232 e. The molecule has 23 heavy (non-hydrogen) atoms. The third kappa shape index (κ3) is 2.60. The number of nitrogens with zero attached hydrogens (tertiary/aromatic N) is 3. The molecule has 1 fully saturated rings. The summed E-state index contributed by atoms with van der Waals surface area (Å²) in [5.74, 6) is 1.45. The van der Waals surface area contributed by atoms with E-state index in [9.17, 15) is 4.79 Å². The molecular weight excluding hydrogens is 330 g/mol. The summed E-state index contributed by atoms with van der Waals surface area (Å²) in [6, 6.07) is 7.99. The van der Waals surface area contributed by atoms with Gasteiger partial charge in [-0.2, -0.15) is 4.98 Å². The largest absolute Gasteiger partial charge is 0.339 e. The van der Waals surface area contributed by atoms with E-state index in [4.69, 9.17) is 4.52 Å². The van der Waals surface area contributed by atoms with Crippen molar-refractivity contribution in [2.75, 3.05) is 7.05 Å². The van der Waals surface area contributed by atoms with Crippen molar-refractivity contribution in [1.82, 2.24) is 15.0 Å². The van der Waals surface area contributed by atoms with E-state index in [2.05, 4.69) is 16.2 Å². The first kappa shape index (κ1) is 14.6. The van der Waals surface area contributed by atoms with Crippen LogP contribution in [0.5, 0.6) is 0 Å². The highest BCUT2D eigenvalue weighted by Crippen LogP contribution is 2.43. The Labute approximate surface area is 141 Å². The number of hydrogen-bond donors (Lipinski definition) is 0. The van der Waals surface area contributed by atoms with Crippen LogP contribution in [-0.4, -0.2) is 28.0 Å². The van der Waals surface area contributed by atoms with Crippen LogP contribution >= 0.6 is 22.7 Å². The van der Waals surface area contributed by atoms with Gasteiger partial charge in [-0.05, 0) is 29.3 Å². The first-order chi connectivity index (χ1) is 11.2. The summed E-state index contributed by atoms with van der Waals surface area (Å²) in [7, 11) is 1.86. The van der Waals surface area contributed by atoms with E-state index in [0.29, 0.717) is 18.1 Å². The van der Waals surface area contributed by atoms with Crippen LogP contribution in [0.2, 0.25) is 0 Å². The zero-order chi connectivity index (χ0) is 15.8. The van der Waals surface area contributed by atoms with Gasteiger partial charge in [0.2, 0.25) is 17.6 Å². The lowest BCUT2D eigenvalue weighted by Gasteiger charge is -2.36. The van der Waals surface area contributed by atoms with Crippen molar-refractivity contribution in [3.63, 3.8) is 0 Å². The molecule has 4 heterocycles. The number of carbonyl (C=O) groups excluding carboxylic acids is 1. The molecule has 3 aromatic heterocycles. The Hall–Kier alpha value is -1.99. The van der Waals surface area contributed by atoms with Gasteiger partial charge < -0.3 is 9.42 Å². The molecule has 0 unspecified atom stereocenters. The van der Waals surface area contributed by atoms with E-state index in [-0.39, 0.29) is 17.9 Å². The number of hydrogen-bond acceptors (Lipinski definition) is 6. The Morgan fingerprint density at radius 2 is 2.09 bits per heavy atom. The average Bonchev–Trinajstić information content (AvgIpc) is 3.31. The van der Waals surface area contributed by atoms with Gasteiger partial charge in [0.1, 0.15) is 0 Å². The zero-order valence-corrected chi connectivity index (χ0v) is 14.1. The van der Waals surface area contributed by atoms with E-state index < -0.39 is 0 Å².